The van der Waals surface area contributed by atoms with Crippen LogP contribution in [0.3, 0.4) is 0 Å². The van der Waals surface area contributed by atoms with Crippen LogP contribution in [0.1, 0.15) is 27.8 Å². The lowest BCUT2D eigenvalue weighted by molar-refractivity contribution is -0.139. The van der Waals surface area contributed by atoms with Gasteiger partial charge >= 0.3 is 12.4 Å². The van der Waals surface area contributed by atoms with E-state index in [2.05, 4.69) is 4.90 Å². The summed E-state index contributed by atoms with van der Waals surface area (Å²) in [6, 6.07) is 7.14. The van der Waals surface area contributed by atoms with Gasteiger partial charge in [0.05, 0.1) is 11.1 Å². The van der Waals surface area contributed by atoms with Crippen LogP contribution in [-0.2, 0) is 25.3 Å². The molecule has 2 N–H and O–H groups in total. The van der Waals surface area contributed by atoms with E-state index >= 15 is 0 Å². The zero-order chi connectivity index (χ0) is 22.1. The van der Waals surface area contributed by atoms with Crippen LogP contribution in [0.2, 0.25) is 0 Å². The van der Waals surface area contributed by atoms with Gasteiger partial charge in [0.25, 0.3) is 0 Å². The summed E-state index contributed by atoms with van der Waals surface area (Å²) in [4.78, 5) is 4.06. The van der Waals surface area contributed by atoms with E-state index in [4.69, 9.17) is 5.73 Å². The summed E-state index contributed by atoms with van der Waals surface area (Å²) in [6.07, 6.45) is -9.50. The minimum absolute atomic E-state index is 0.0513. The molecule has 0 spiro atoms. The molecule has 1 aliphatic heterocycles. The third-order valence-electron chi connectivity index (χ3n) is 5.30. The number of halogens is 6. The number of piperazine rings is 1. The third kappa shape index (κ3) is 5.46. The minimum Gasteiger partial charge on any atom is -0.399 e. The highest BCUT2D eigenvalue weighted by molar-refractivity contribution is 5.48. The first-order chi connectivity index (χ1) is 13.9. The Bertz CT molecular complexity index is 883. The molecular weight excluding hydrogens is 408 g/mol. The second kappa shape index (κ2) is 8.47. The Morgan fingerprint density at radius 1 is 0.800 bits per heavy atom. The van der Waals surface area contributed by atoms with Crippen molar-refractivity contribution >= 4 is 5.69 Å². The molecule has 0 bridgehead atoms. The van der Waals surface area contributed by atoms with E-state index in [1.54, 1.807) is 0 Å². The Kier molecular flexibility index (Phi) is 6.33. The van der Waals surface area contributed by atoms with E-state index < -0.39 is 23.5 Å². The predicted octanol–water partition coefficient (Wildman–Crippen LogP) is 4.64. The van der Waals surface area contributed by atoms with Crippen LogP contribution in [0.4, 0.5) is 32.0 Å². The molecule has 3 nitrogen and oxygen atoms in total. The summed E-state index contributed by atoms with van der Waals surface area (Å²) in [6.45, 7) is 3.03. The van der Waals surface area contributed by atoms with Crippen molar-refractivity contribution in [2.24, 2.45) is 0 Å². The number of nitrogens with two attached hydrogens (primary N) is 1. The van der Waals surface area contributed by atoms with E-state index in [0.717, 1.165) is 25.2 Å². The van der Waals surface area contributed by atoms with Crippen molar-refractivity contribution in [1.29, 1.82) is 0 Å². The second-order valence-electron chi connectivity index (χ2n) is 7.66. The van der Waals surface area contributed by atoms with Crippen LogP contribution >= 0.6 is 0 Å². The lowest BCUT2D eigenvalue weighted by Crippen LogP contribution is -2.44. The molecule has 0 aromatic heterocycles. The molecule has 164 valence electrons. The number of hydrogen-bond donors (Lipinski definition) is 1. The lowest BCUT2D eigenvalue weighted by Gasteiger charge is -2.33. The summed E-state index contributed by atoms with van der Waals surface area (Å²) in [7, 11) is 1.96. The third-order valence-corrected chi connectivity index (χ3v) is 5.30. The minimum atomic E-state index is -4.64. The van der Waals surface area contributed by atoms with Crippen LogP contribution in [-0.4, -0.2) is 43.0 Å². The monoisotopic (exact) mass is 431 g/mol. The van der Waals surface area contributed by atoms with Crippen LogP contribution < -0.4 is 5.73 Å². The van der Waals surface area contributed by atoms with Gasteiger partial charge in [-0.2, -0.15) is 26.3 Å². The van der Waals surface area contributed by atoms with E-state index in [0.29, 0.717) is 13.1 Å². The smallest absolute Gasteiger partial charge is 0.399 e. The summed E-state index contributed by atoms with van der Waals surface area (Å²) in [5.74, 6) is 0. The van der Waals surface area contributed by atoms with Crippen molar-refractivity contribution in [3.05, 3.63) is 64.2 Å². The van der Waals surface area contributed by atoms with Crippen molar-refractivity contribution in [3.63, 3.8) is 0 Å². The lowest BCUT2D eigenvalue weighted by atomic mass is 9.95. The molecule has 0 aliphatic carbocycles. The van der Waals surface area contributed by atoms with Crippen molar-refractivity contribution in [2.45, 2.75) is 25.3 Å². The van der Waals surface area contributed by atoms with E-state index in [-0.39, 0.29) is 35.3 Å². The largest absolute Gasteiger partial charge is 0.416 e. The molecular formula is C21H23F6N3. The van der Waals surface area contributed by atoms with Crippen LogP contribution in [0.15, 0.2) is 36.4 Å². The highest BCUT2D eigenvalue weighted by atomic mass is 19.4. The van der Waals surface area contributed by atoms with Crippen molar-refractivity contribution in [1.82, 2.24) is 9.80 Å². The van der Waals surface area contributed by atoms with Gasteiger partial charge in [-0.05, 0) is 48.4 Å². The molecule has 9 heteroatoms. The maximum absolute atomic E-state index is 13.7. The van der Waals surface area contributed by atoms with E-state index in [9.17, 15) is 26.3 Å². The first-order valence-corrected chi connectivity index (χ1v) is 9.49. The molecule has 0 unspecified atom stereocenters. The molecule has 2 aromatic rings. The fourth-order valence-electron chi connectivity index (χ4n) is 3.61. The van der Waals surface area contributed by atoms with E-state index in [1.165, 1.54) is 24.3 Å². The molecule has 1 fully saturated rings. The molecule has 0 radical (unpaired) electrons. The molecule has 1 saturated heterocycles. The Morgan fingerprint density at radius 2 is 1.37 bits per heavy atom. The van der Waals surface area contributed by atoms with Crippen molar-refractivity contribution in [2.75, 3.05) is 39.0 Å². The second-order valence-corrected chi connectivity index (χ2v) is 7.66. The number of benzene rings is 2. The highest BCUT2D eigenvalue weighted by Crippen LogP contribution is 2.36. The van der Waals surface area contributed by atoms with Crippen LogP contribution in [0.5, 0.6) is 0 Å². The molecule has 30 heavy (non-hydrogen) atoms. The molecule has 0 atom stereocenters. The molecule has 0 saturated carbocycles. The highest BCUT2D eigenvalue weighted by Gasteiger charge is 2.35. The summed E-state index contributed by atoms with van der Waals surface area (Å²) in [5.41, 5.74) is 3.85. The van der Waals surface area contributed by atoms with Gasteiger partial charge in [0.1, 0.15) is 0 Å². The average Bonchev–Trinajstić information content (AvgIpc) is 2.64. The topological polar surface area (TPSA) is 32.5 Å². The maximum atomic E-state index is 13.7. The van der Waals surface area contributed by atoms with Gasteiger partial charge in [-0.1, -0.05) is 18.2 Å². The summed E-state index contributed by atoms with van der Waals surface area (Å²) < 4.78 is 81.0. The van der Waals surface area contributed by atoms with Crippen LogP contribution in [0, 0.1) is 0 Å². The van der Waals surface area contributed by atoms with Gasteiger partial charge in [0, 0.05) is 38.4 Å². The SMILES string of the molecule is CN1CCN(Cc2ccc(Cc3ccc(N)cc3C(F)(F)F)cc2C(F)(F)F)CC1. The molecule has 1 aliphatic rings. The number of nitrogens with zero attached hydrogens (tertiary/aromatic N) is 2. The predicted molar refractivity (Wildman–Crippen MR) is 103 cm³/mol. The standard InChI is InChI=1S/C21H23F6N3/c1-29-6-8-30(9-7-29)13-16-3-2-14(11-18(16)20(22,23)24)10-15-4-5-17(28)12-19(15)21(25,26)27/h2-5,11-12H,6-10,13,28H2,1H3. The molecule has 0 amide bonds. The molecule has 1 heterocycles. The van der Waals surface area contributed by atoms with Gasteiger partial charge in [0.15, 0.2) is 0 Å². The maximum Gasteiger partial charge on any atom is 0.416 e. The van der Waals surface area contributed by atoms with Gasteiger partial charge < -0.3 is 10.6 Å². The van der Waals surface area contributed by atoms with Crippen molar-refractivity contribution in [3.8, 4) is 0 Å². The van der Waals surface area contributed by atoms with Crippen LogP contribution in [0.25, 0.3) is 0 Å². The van der Waals surface area contributed by atoms with Gasteiger partial charge in [-0.15, -0.1) is 0 Å². The zero-order valence-electron chi connectivity index (χ0n) is 16.4. The van der Waals surface area contributed by atoms with E-state index in [1.807, 2.05) is 11.9 Å². The molecule has 3 rings (SSSR count). The number of nitrogen functional groups attached to an aromatic ring is 1. The Balaban J connectivity index is 1.89. The number of anilines is 1. The first kappa shape index (κ1) is 22.4. The Hall–Kier alpha value is -2.26. The number of alkyl halides is 6. The number of likely N-dealkylation sites (N-methyl/N-ethyl adjacent to an activating group) is 1. The van der Waals surface area contributed by atoms with Gasteiger partial charge in [-0.3, -0.25) is 4.90 Å². The summed E-state index contributed by atoms with van der Waals surface area (Å²) in [5, 5.41) is 0. The fourth-order valence-corrected chi connectivity index (χ4v) is 3.61. The quantitative estimate of drug-likeness (QED) is 0.565. The Labute approximate surface area is 171 Å². The van der Waals surface area contributed by atoms with Gasteiger partial charge in [-0.25, -0.2) is 0 Å². The fraction of sp³-hybridized carbons (Fsp3) is 0.429. The number of rotatable bonds is 4. The average molecular weight is 431 g/mol. The zero-order valence-corrected chi connectivity index (χ0v) is 16.4. The van der Waals surface area contributed by atoms with Gasteiger partial charge in [0.2, 0.25) is 0 Å². The van der Waals surface area contributed by atoms with Crippen molar-refractivity contribution < 1.29 is 26.3 Å². The summed E-state index contributed by atoms with van der Waals surface area (Å²) >= 11 is 0. The Morgan fingerprint density at radius 3 is 1.97 bits per heavy atom. The first-order valence-electron chi connectivity index (χ1n) is 9.49. The molecule has 2 aromatic carbocycles. The normalized spacial score (nSPS) is 16.8. The number of hydrogen-bond acceptors (Lipinski definition) is 3.